The maximum absolute atomic E-state index is 13.8. The predicted molar refractivity (Wildman–Crippen MR) is 89.2 cm³/mol. The second-order valence-corrected chi connectivity index (χ2v) is 6.58. The maximum atomic E-state index is 13.8. The third-order valence-electron chi connectivity index (χ3n) is 4.24. The number of halogens is 2. The Kier molecular flexibility index (Phi) is 4.96. The molecule has 2 aromatic rings. The first-order valence-corrected chi connectivity index (χ1v) is 8.37. The zero-order chi connectivity index (χ0) is 18.1. The molecule has 9 heteroatoms. The van der Waals surface area contributed by atoms with Gasteiger partial charge in [-0.25, -0.2) is 9.37 Å². The van der Waals surface area contributed by atoms with Gasteiger partial charge in [0.05, 0.1) is 20.8 Å². The van der Waals surface area contributed by atoms with Crippen LogP contribution in [0.5, 0.6) is 0 Å². The van der Waals surface area contributed by atoms with Gasteiger partial charge in [-0.3, -0.25) is 14.9 Å². The summed E-state index contributed by atoms with van der Waals surface area (Å²) in [6.07, 6.45) is 2.13. The normalized spacial score (nSPS) is 15.6. The Morgan fingerprint density at radius 2 is 2.20 bits per heavy atom. The summed E-state index contributed by atoms with van der Waals surface area (Å²) >= 11 is 3.06. The van der Waals surface area contributed by atoms with E-state index in [1.165, 1.54) is 13.2 Å². The van der Waals surface area contributed by atoms with E-state index in [-0.39, 0.29) is 32.5 Å². The van der Waals surface area contributed by atoms with Crippen LogP contribution in [-0.4, -0.2) is 23.0 Å². The highest BCUT2D eigenvalue weighted by Crippen LogP contribution is 2.37. The highest BCUT2D eigenvalue weighted by atomic mass is 79.9. The molecule has 7 nitrogen and oxygen atoms in total. The summed E-state index contributed by atoms with van der Waals surface area (Å²) in [6, 6.07) is 2.51. The van der Waals surface area contributed by atoms with Gasteiger partial charge in [-0.05, 0) is 34.8 Å². The van der Waals surface area contributed by atoms with Crippen molar-refractivity contribution in [1.29, 1.82) is 0 Å². The molecule has 1 fully saturated rings. The molecule has 0 aliphatic heterocycles. The van der Waals surface area contributed by atoms with Gasteiger partial charge in [0.2, 0.25) is 6.29 Å². The molecule has 0 saturated heterocycles. The molecule has 1 aromatic heterocycles. The molecular weight excluding hydrogens is 399 g/mol. The highest BCUT2D eigenvalue weighted by Gasteiger charge is 2.33. The van der Waals surface area contributed by atoms with E-state index in [1.807, 2.05) is 0 Å². The second kappa shape index (κ2) is 7.01. The average molecular weight is 413 g/mol. The number of hydrogen-bond acceptors (Lipinski definition) is 6. The summed E-state index contributed by atoms with van der Waals surface area (Å²) in [4.78, 5) is 26.8. The number of hydrogen-bond donors (Lipinski definition) is 0. The molecular formula is C16H14BrFN2O5. The molecule has 1 atom stereocenters. The lowest BCUT2D eigenvalue weighted by molar-refractivity contribution is -0.387. The topological polar surface area (TPSA) is 91.6 Å². The Labute approximate surface area is 150 Å². The van der Waals surface area contributed by atoms with E-state index in [9.17, 15) is 19.3 Å². The van der Waals surface area contributed by atoms with E-state index in [0.29, 0.717) is 0 Å². The van der Waals surface area contributed by atoms with Crippen LogP contribution in [0, 0.1) is 21.8 Å². The fraction of sp³-hybridized carbons (Fsp3) is 0.375. The molecule has 0 radical (unpaired) electrons. The summed E-state index contributed by atoms with van der Waals surface area (Å²) in [5, 5.41) is 11.7. The first-order valence-electron chi connectivity index (χ1n) is 7.57. The second-order valence-electron chi connectivity index (χ2n) is 5.73. The van der Waals surface area contributed by atoms with Crippen LogP contribution in [0.3, 0.4) is 0 Å². The quantitative estimate of drug-likeness (QED) is 0.318. The lowest BCUT2D eigenvalue weighted by Crippen LogP contribution is -2.26. The number of carbonyl (C=O) groups is 1. The number of aromatic nitrogens is 1. The SMILES string of the molecule is COC(OC(=O)C1CCC1)c1c([N+](=O)[O-])cnc2cc(F)c(Br)cc12. The highest BCUT2D eigenvalue weighted by molar-refractivity contribution is 9.10. The van der Waals surface area contributed by atoms with Crippen molar-refractivity contribution in [2.75, 3.05) is 7.11 Å². The van der Waals surface area contributed by atoms with Crippen molar-refractivity contribution in [1.82, 2.24) is 4.98 Å². The number of benzene rings is 1. The molecule has 0 bridgehead atoms. The van der Waals surface area contributed by atoms with Crippen molar-refractivity contribution in [3.05, 3.63) is 44.3 Å². The Morgan fingerprint density at radius 3 is 2.76 bits per heavy atom. The summed E-state index contributed by atoms with van der Waals surface area (Å²) in [6.45, 7) is 0. The number of nitrogens with zero attached hydrogens (tertiary/aromatic N) is 2. The minimum absolute atomic E-state index is 0.0332. The van der Waals surface area contributed by atoms with Crippen LogP contribution >= 0.6 is 15.9 Å². The van der Waals surface area contributed by atoms with E-state index >= 15 is 0 Å². The van der Waals surface area contributed by atoms with Crippen LogP contribution in [0.25, 0.3) is 10.9 Å². The number of pyridine rings is 1. The van der Waals surface area contributed by atoms with Crippen LogP contribution in [-0.2, 0) is 14.3 Å². The monoisotopic (exact) mass is 412 g/mol. The van der Waals surface area contributed by atoms with Crippen LogP contribution in [0.1, 0.15) is 31.1 Å². The van der Waals surface area contributed by atoms with Crippen LogP contribution in [0.4, 0.5) is 10.1 Å². The molecule has 1 saturated carbocycles. The Morgan fingerprint density at radius 1 is 1.48 bits per heavy atom. The Bertz CT molecular complexity index is 856. The lowest BCUT2D eigenvalue weighted by Gasteiger charge is -2.26. The molecule has 1 heterocycles. The van der Waals surface area contributed by atoms with Crippen molar-refractivity contribution in [2.45, 2.75) is 25.6 Å². The maximum Gasteiger partial charge on any atom is 0.311 e. The summed E-state index contributed by atoms with van der Waals surface area (Å²) in [5.74, 6) is -1.23. The van der Waals surface area contributed by atoms with Gasteiger partial charge in [-0.2, -0.15) is 0 Å². The van der Waals surface area contributed by atoms with Crippen molar-refractivity contribution >= 4 is 38.5 Å². The number of esters is 1. The molecule has 1 aliphatic rings. The Balaban J connectivity index is 2.12. The number of fused-ring (bicyclic) bond motifs is 1. The van der Waals surface area contributed by atoms with Gasteiger partial charge in [0.25, 0.3) is 5.69 Å². The minimum Gasteiger partial charge on any atom is -0.431 e. The van der Waals surface area contributed by atoms with Crippen molar-refractivity contribution in [3.63, 3.8) is 0 Å². The molecule has 0 amide bonds. The molecule has 1 aromatic carbocycles. The fourth-order valence-corrected chi connectivity index (χ4v) is 3.00. The van der Waals surface area contributed by atoms with E-state index in [1.54, 1.807) is 0 Å². The largest absolute Gasteiger partial charge is 0.431 e. The molecule has 0 N–H and O–H groups in total. The van der Waals surface area contributed by atoms with Crippen molar-refractivity contribution < 1.29 is 23.6 Å². The molecule has 1 aliphatic carbocycles. The van der Waals surface area contributed by atoms with Gasteiger partial charge >= 0.3 is 5.97 Å². The first-order chi connectivity index (χ1) is 11.9. The van der Waals surface area contributed by atoms with Gasteiger partial charge in [-0.15, -0.1) is 0 Å². The fourth-order valence-electron chi connectivity index (χ4n) is 2.66. The zero-order valence-electron chi connectivity index (χ0n) is 13.2. The zero-order valence-corrected chi connectivity index (χ0v) is 14.8. The van der Waals surface area contributed by atoms with E-state index < -0.39 is 23.0 Å². The number of rotatable bonds is 5. The van der Waals surface area contributed by atoms with Crippen molar-refractivity contribution in [3.8, 4) is 0 Å². The lowest BCUT2D eigenvalue weighted by atomic mass is 9.86. The van der Waals surface area contributed by atoms with Crippen LogP contribution < -0.4 is 0 Å². The minimum atomic E-state index is -1.28. The molecule has 25 heavy (non-hydrogen) atoms. The van der Waals surface area contributed by atoms with E-state index in [0.717, 1.165) is 31.5 Å². The third-order valence-corrected chi connectivity index (χ3v) is 4.85. The summed E-state index contributed by atoms with van der Waals surface area (Å²) in [5.41, 5.74) is -0.131. The van der Waals surface area contributed by atoms with Crippen molar-refractivity contribution in [2.24, 2.45) is 5.92 Å². The Hall–Kier alpha value is -2.13. The third kappa shape index (κ3) is 3.34. The first kappa shape index (κ1) is 17.7. The van der Waals surface area contributed by atoms with Gasteiger partial charge in [0.1, 0.15) is 17.6 Å². The van der Waals surface area contributed by atoms with Crippen LogP contribution in [0.2, 0.25) is 0 Å². The van der Waals surface area contributed by atoms with Gasteiger partial charge < -0.3 is 9.47 Å². The summed E-state index contributed by atoms with van der Waals surface area (Å²) in [7, 11) is 1.28. The molecule has 1 unspecified atom stereocenters. The van der Waals surface area contributed by atoms with Gasteiger partial charge in [0, 0.05) is 18.6 Å². The number of carbonyl (C=O) groups excluding carboxylic acids is 1. The molecule has 132 valence electrons. The number of ether oxygens (including phenoxy) is 2. The number of methoxy groups -OCH3 is 1. The summed E-state index contributed by atoms with van der Waals surface area (Å²) < 4.78 is 24.4. The predicted octanol–water partition coefficient (Wildman–Crippen LogP) is 4.03. The number of nitro groups is 1. The standard InChI is InChI=1S/C16H14BrFN2O5/c1-24-16(25-15(21)8-3-2-4-8)14-9-5-10(17)11(18)6-12(9)19-7-13(14)20(22)23/h5-8,16H,2-4H2,1H3. The smallest absolute Gasteiger partial charge is 0.311 e. The average Bonchev–Trinajstić information content (AvgIpc) is 2.51. The van der Waals surface area contributed by atoms with Gasteiger partial charge in [0.15, 0.2) is 0 Å². The molecule has 0 spiro atoms. The van der Waals surface area contributed by atoms with Crippen LogP contribution in [0.15, 0.2) is 22.8 Å². The van der Waals surface area contributed by atoms with Gasteiger partial charge in [-0.1, -0.05) is 6.42 Å². The molecule has 3 rings (SSSR count). The van der Waals surface area contributed by atoms with E-state index in [4.69, 9.17) is 9.47 Å². The van der Waals surface area contributed by atoms with E-state index in [2.05, 4.69) is 20.9 Å².